The second kappa shape index (κ2) is 8.23. The summed E-state index contributed by atoms with van der Waals surface area (Å²) in [5, 5.41) is 20.8. The van der Waals surface area contributed by atoms with Gasteiger partial charge in [-0.2, -0.15) is 15.3 Å². The first kappa shape index (κ1) is 19.9. The summed E-state index contributed by atoms with van der Waals surface area (Å²) in [5.41, 5.74) is 3.42. The molecule has 32 heavy (non-hydrogen) atoms. The van der Waals surface area contributed by atoms with E-state index in [9.17, 15) is 5.26 Å². The third-order valence-corrected chi connectivity index (χ3v) is 5.90. The van der Waals surface area contributed by atoms with Crippen LogP contribution in [0, 0.1) is 17.4 Å². The third kappa shape index (κ3) is 3.60. The van der Waals surface area contributed by atoms with E-state index in [1.807, 2.05) is 48.7 Å². The Balaban J connectivity index is 1.42. The van der Waals surface area contributed by atoms with Crippen LogP contribution in [0.4, 0.5) is 11.7 Å². The first-order valence-corrected chi connectivity index (χ1v) is 10.7. The first-order valence-electron chi connectivity index (χ1n) is 10.7. The summed E-state index contributed by atoms with van der Waals surface area (Å²) in [5.74, 6) is 0.856. The topological polar surface area (TPSA) is 109 Å². The first-order chi connectivity index (χ1) is 15.6. The average molecular weight is 429 g/mol. The van der Waals surface area contributed by atoms with Gasteiger partial charge >= 0.3 is 0 Å². The molecule has 2 aromatic heterocycles. The SMILES string of the molecule is CC(C)C1CN(c2nc3ccccc3o2)CCN1/C(=N\C#N)Nc1cccc2[nH]ncc12. The van der Waals surface area contributed by atoms with Crippen molar-refractivity contribution in [1.29, 1.82) is 5.26 Å². The second-order valence-corrected chi connectivity index (χ2v) is 8.21. The van der Waals surface area contributed by atoms with Crippen molar-refractivity contribution in [2.24, 2.45) is 10.9 Å². The summed E-state index contributed by atoms with van der Waals surface area (Å²) >= 11 is 0. The van der Waals surface area contributed by atoms with Crippen LogP contribution in [0.25, 0.3) is 22.0 Å². The molecular formula is C23H24N8O. The molecule has 0 aliphatic carbocycles. The number of hydrogen-bond acceptors (Lipinski definition) is 6. The van der Waals surface area contributed by atoms with Crippen LogP contribution in [0.1, 0.15) is 13.8 Å². The van der Waals surface area contributed by atoms with Crippen LogP contribution in [-0.2, 0) is 0 Å². The van der Waals surface area contributed by atoms with E-state index >= 15 is 0 Å². The molecular weight excluding hydrogens is 404 g/mol. The number of nitrogens with zero attached hydrogens (tertiary/aromatic N) is 6. The number of aromatic nitrogens is 3. The fraction of sp³-hybridized carbons (Fsp3) is 0.304. The molecule has 0 spiro atoms. The number of fused-ring (bicyclic) bond motifs is 2. The maximum absolute atomic E-state index is 9.40. The van der Waals surface area contributed by atoms with Gasteiger partial charge < -0.3 is 19.5 Å². The highest BCUT2D eigenvalue weighted by Gasteiger charge is 2.33. The number of benzene rings is 2. The number of aromatic amines is 1. The smallest absolute Gasteiger partial charge is 0.298 e. The van der Waals surface area contributed by atoms with Crippen molar-refractivity contribution in [2.75, 3.05) is 29.9 Å². The van der Waals surface area contributed by atoms with Gasteiger partial charge in [0.15, 0.2) is 5.58 Å². The van der Waals surface area contributed by atoms with E-state index in [0.717, 1.165) is 27.7 Å². The Labute approximate surface area is 185 Å². The molecule has 2 N–H and O–H groups in total. The lowest BCUT2D eigenvalue weighted by Gasteiger charge is -2.44. The summed E-state index contributed by atoms with van der Waals surface area (Å²) in [6.45, 7) is 6.45. The van der Waals surface area contributed by atoms with Crippen molar-refractivity contribution in [3.05, 3.63) is 48.7 Å². The van der Waals surface area contributed by atoms with Gasteiger partial charge in [0.05, 0.1) is 23.4 Å². The molecule has 1 atom stereocenters. The van der Waals surface area contributed by atoms with Gasteiger partial charge in [0.1, 0.15) is 5.52 Å². The van der Waals surface area contributed by atoms with Crippen LogP contribution < -0.4 is 10.2 Å². The average Bonchev–Trinajstić information content (AvgIpc) is 3.46. The normalized spacial score (nSPS) is 17.3. The molecule has 3 heterocycles. The van der Waals surface area contributed by atoms with Gasteiger partial charge in [-0.3, -0.25) is 5.10 Å². The minimum Gasteiger partial charge on any atom is -0.423 e. The van der Waals surface area contributed by atoms with Gasteiger partial charge in [-0.15, -0.1) is 4.99 Å². The molecule has 1 fully saturated rings. The van der Waals surface area contributed by atoms with E-state index in [4.69, 9.17) is 4.42 Å². The van der Waals surface area contributed by atoms with Crippen molar-refractivity contribution in [1.82, 2.24) is 20.1 Å². The molecule has 0 radical (unpaired) electrons. The van der Waals surface area contributed by atoms with E-state index < -0.39 is 0 Å². The van der Waals surface area contributed by atoms with Crippen LogP contribution in [0.15, 0.2) is 58.1 Å². The number of H-pyrrole nitrogens is 1. The number of hydrogen-bond donors (Lipinski definition) is 2. The molecule has 0 bridgehead atoms. The number of guanidine groups is 1. The summed E-state index contributed by atoms with van der Waals surface area (Å²) in [4.78, 5) is 13.2. The number of piperazine rings is 1. The maximum Gasteiger partial charge on any atom is 0.298 e. The highest BCUT2D eigenvalue weighted by molar-refractivity contribution is 6.02. The Bertz CT molecular complexity index is 1280. The minimum atomic E-state index is 0.113. The number of oxazole rings is 1. The van der Waals surface area contributed by atoms with Crippen LogP contribution in [0.2, 0.25) is 0 Å². The molecule has 4 aromatic rings. The van der Waals surface area contributed by atoms with Crippen LogP contribution in [0.5, 0.6) is 0 Å². The van der Waals surface area contributed by atoms with Gasteiger partial charge in [0.25, 0.3) is 6.01 Å². The van der Waals surface area contributed by atoms with Gasteiger partial charge in [-0.1, -0.05) is 32.0 Å². The Morgan fingerprint density at radius 2 is 2.12 bits per heavy atom. The molecule has 2 aromatic carbocycles. The van der Waals surface area contributed by atoms with Gasteiger partial charge in [-0.05, 0) is 30.2 Å². The lowest BCUT2D eigenvalue weighted by atomic mass is 10.00. The fourth-order valence-corrected chi connectivity index (χ4v) is 4.22. The fourth-order valence-electron chi connectivity index (χ4n) is 4.22. The third-order valence-electron chi connectivity index (χ3n) is 5.90. The van der Waals surface area contributed by atoms with Crippen LogP contribution >= 0.6 is 0 Å². The molecule has 1 aliphatic rings. The van der Waals surface area contributed by atoms with E-state index in [-0.39, 0.29) is 6.04 Å². The highest BCUT2D eigenvalue weighted by Crippen LogP contribution is 2.27. The summed E-state index contributed by atoms with van der Waals surface area (Å²) < 4.78 is 6.00. The lowest BCUT2D eigenvalue weighted by molar-refractivity contribution is 0.220. The molecule has 0 saturated carbocycles. The Morgan fingerprint density at radius 3 is 2.94 bits per heavy atom. The quantitative estimate of drug-likeness (QED) is 0.290. The summed E-state index contributed by atoms with van der Waals surface area (Å²) in [7, 11) is 0. The van der Waals surface area contributed by atoms with E-state index in [1.165, 1.54) is 0 Å². The zero-order valence-electron chi connectivity index (χ0n) is 18.0. The molecule has 1 aliphatic heterocycles. The Morgan fingerprint density at radius 1 is 1.25 bits per heavy atom. The number of aliphatic imine (C=N–C) groups is 1. The van der Waals surface area contributed by atoms with Crippen molar-refractivity contribution < 1.29 is 4.42 Å². The molecule has 1 unspecified atom stereocenters. The number of anilines is 2. The van der Waals surface area contributed by atoms with Crippen LogP contribution in [-0.4, -0.2) is 51.7 Å². The van der Waals surface area contributed by atoms with E-state index in [0.29, 0.717) is 37.5 Å². The van der Waals surface area contributed by atoms with Crippen molar-refractivity contribution in [2.45, 2.75) is 19.9 Å². The molecule has 9 heteroatoms. The Hall–Kier alpha value is -4.06. The van der Waals surface area contributed by atoms with E-state index in [1.54, 1.807) is 6.20 Å². The number of nitrogens with one attached hydrogen (secondary N) is 2. The predicted octanol–water partition coefficient (Wildman–Crippen LogP) is 3.80. The van der Waals surface area contributed by atoms with Gasteiger partial charge in [0, 0.05) is 25.0 Å². The second-order valence-electron chi connectivity index (χ2n) is 8.21. The van der Waals surface area contributed by atoms with Crippen molar-refractivity contribution in [3.63, 3.8) is 0 Å². The molecule has 5 rings (SSSR count). The molecule has 0 amide bonds. The predicted molar refractivity (Wildman–Crippen MR) is 124 cm³/mol. The zero-order chi connectivity index (χ0) is 22.1. The molecule has 1 saturated heterocycles. The Kier molecular flexibility index (Phi) is 5.11. The number of nitriles is 1. The summed E-state index contributed by atoms with van der Waals surface area (Å²) in [6.07, 6.45) is 3.73. The molecule has 162 valence electrons. The van der Waals surface area contributed by atoms with Crippen molar-refractivity contribution >= 4 is 39.7 Å². The highest BCUT2D eigenvalue weighted by atomic mass is 16.4. The summed E-state index contributed by atoms with van der Waals surface area (Å²) in [6, 6.07) is 14.4. The standard InChI is InChI=1S/C23H24N8O/c1-15(2)20-13-30(23-28-19-6-3-4-9-21(19)32-23)10-11-31(20)22(25-14-24)27-17-7-5-8-18-16(17)12-26-29-18/h3-9,12,15,20H,10-11,13H2,1-2H3,(H,25,27)(H,26,29). The number of rotatable bonds is 3. The number of para-hydroxylation sites is 2. The van der Waals surface area contributed by atoms with E-state index in [2.05, 4.69) is 49.1 Å². The maximum atomic E-state index is 9.40. The zero-order valence-corrected chi connectivity index (χ0v) is 18.0. The van der Waals surface area contributed by atoms with Gasteiger partial charge in [-0.25, -0.2) is 0 Å². The van der Waals surface area contributed by atoms with Crippen molar-refractivity contribution in [3.8, 4) is 6.19 Å². The molecule has 9 nitrogen and oxygen atoms in total. The van der Waals surface area contributed by atoms with Gasteiger partial charge in [0.2, 0.25) is 12.2 Å². The largest absolute Gasteiger partial charge is 0.423 e. The monoisotopic (exact) mass is 428 g/mol. The van der Waals surface area contributed by atoms with Crippen LogP contribution in [0.3, 0.4) is 0 Å². The lowest BCUT2D eigenvalue weighted by Crippen LogP contribution is -2.58. The minimum absolute atomic E-state index is 0.113.